The number of hydrogen-bond donors (Lipinski definition) is 2. The fraction of sp³-hybridized carbons (Fsp3) is 0.158. The van der Waals surface area contributed by atoms with Crippen molar-refractivity contribution in [3.05, 3.63) is 75.4 Å². The molecule has 0 fully saturated rings. The summed E-state index contributed by atoms with van der Waals surface area (Å²) >= 11 is 12.0. The molecule has 128 valence electrons. The largest absolute Gasteiger partial charge is 0.389 e. The summed E-state index contributed by atoms with van der Waals surface area (Å²) in [5.41, 5.74) is 2.52. The summed E-state index contributed by atoms with van der Waals surface area (Å²) in [7, 11) is 0. The SMILES string of the molecule is Cc1ccc(NC(=O)/C(C#N)=C\NCCc2cccc(Cl)c2)cc1Cl. The number of anilines is 1. The van der Waals surface area contributed by atoms with Gasteiger partial charge in [-0.3, -0.25) is 4.79 Å². The first-order chi connectivity index (χ1) is 12.0. The molecule has 0 unspecified atom stereocenters. The first-order valence-electron chi connectivity index (χ1n) is 7.65. The lowest BCUT2D eigenvalue weighted by Crippen LogP contribution is -2.18. The first-order valence-corrected chi connectivity index (χ1v) is 8.41. The predicted molar refractivity (Wildman–Crippen MR) is 102 cm³/mol. The molecule has 0 aromatic heterocycles. The van der Waals surface area contributed by atoms with Crippen LogP contribution in [0, 0.1) is 18.3 Å². The molecule has 0 heterocycles. The molecule has 0 radical (unpaired) electrons. The molecule has 0 spiro atoms. The average molecular weight is 374 g/mol. The van der Waals surface area contributed by atoms with Gasteiger partial charge >= 0.3 is 0 Å². The summed E-state index contributed by atoms with van der Waals surface area (Å²) in [5.74, 6) is -0.488. The van der Waals surface area contributed by atoms with Crippen molar-refractivity contribution in [1.82, 2.24) is 5.32 Å². The fourth-order valence-corrected chi connectivity index (χ4v) is 2.49. The summed E-state index contributed by atoms with van der Waals surface area (Å²) < 4.78 is 0. The highest BCUT2D eigenvalue weighted by molar-refractivity contribution is 6.31. The van der Waals surface area contributed by atoms with Crippen molar-refractivity contribution < 1.29 is 4.79 Å². The molecule has 2 aromatic carbocycles. The van der Waals surface area contributed by atoms with Crippen LogP contribution in [0.25, 0.3) is 0 Å². The van der Waals surface area contributed by atoms with Crippen molar-refractivity contribution >= 4 is 34.8 Å². The standard InChI is InChI=1S/C19H17Cl2N3O/c1-13-5-6-17(10-18(13)21)24-19(25)15(11-22)12-23-8-7-14-3-2-4-16(20)9-14/h2-6,9-10,12,23H,7-8H2,1H3,(H,24,25)/b15-12-. The van der Waals surface area contributed by atoms with Gasteiger partial charge in [-0.05, 0) is 48.7 Å². The van der Waals surface area contributed by atoms with Crippen LogP contribution >= 0.6 is 23.2 Å². The van der Waals surface area contributed by atoms with Gasteiger partial charge in [-0.2, -0.15) is 5.26 Å². The topological polar surface area (TPSA) is 64.9 Å². The number of amides is 1. The Morgan fingerprint density at radius 1 is 1.24 bits per heavy atom. The molecule has 0 saturated carbocycles. The highest BCUT2D eigenvalue weighted by Gasteiger charge is 2.09. The number of rotatable bonds is 6. The minimum atomic E-state index is -0.488. The Kier molecular flexibility index (Phi) is 6.88. The lowest BCUT2D eigenvalue weighted by Gasteiger charge is -2.07. The number of benzene rings is 2. The van der Waals surface area contributed by atoms with Crippen LogP contribution in [-0.4, -0.2) is 12.5 Å². The van der Waals surface area contributed by atoms with Crippen LogP contribution < -0.4 is 10.6 Å². The van der Waals surface area contributed by atoms with Crippen LogP contribution in [-0.2, 0) is 11.2 Å². The Labute approximate surface area is 157 Å². The van der Waals surface area contributed by atoms with E-state index in [1.807, 2.05) is 37.3 Å². The zero-order chi connectivity index (χ0) is 18.2. The molecule has 0 bridgehead atoms. The highest BCUT2D eigenvalue weighted by Crippen LogP contribution is 2.20. The van der Waals surface area contributed by atoms with E-state index in [9.17, 15) is 4.79 Å². The lowest BCUT2D eigenvalue weighted by molar-refractivity contribution is -0.112. The molecule has 2 aromatic rings. The van der Waals surface area contributed by atoms with E-state index in [2.05, 4.69) is 10.6 Å². The minimum Gasteiger partial charge on any atom is -0.389 e. The second-order valence-corrected chi connectivity index (χ2v) is 6.27. The van der Waals surface area contributed by atoms with Gasteiger partial charge in [0.15, 0.2) is 0 Å². The smallest absolute Gasteiger partial charge is 0.267 e. The van der Waals surface area contributed by atoms with Crippen LogP contribution in [0.15, 0.2) is 54.2 Å². The first kappa shape index (κ1) is 18.9. The molecular formula is C19H17Cl2N3O. The van der Waals surface area contributed by atoms with Gasteiger partial charge in [0.2, 0.25) is 0 Å². The average Bonchev–Trinajstić information content (AvgIpc) is 2.58. The van der Waals surface area contributed by atoms with Gasteiger partial charge < -0.3 is 10.6 Å². The van der Waals surface area contributed by atoms with Gasteiger partial charge in [0.05, 0.1) is 0 Å². The minimum absolute atomic E-state index is 0.0113. The van der Waals surface area contributed by atoms with E-state index in [-0.39, 0.29) is 5.57 Å². The summed E-state index contributed by atoms with van der Waals surface area (Å²) in [6.45, 7) is 2.45. The van der Waals surface area contributed by atoms with Gasteiger partial charge in [0, 0.05) is 28.5 Å². The maximum Gasteiger partial charge on any atom is 0.267 e. The number of nitrogens with zero attached hydrogens (tertiary/aromatic N) is 1. The quantitative estimate of drug-likeness (QED) is 0.445. The summed E-state index contributed by atoms with van der Waals surface area (Å²) in [6, 6.07) is 14.6. The molecule has 1 amide bonds. The van der Waals surface area contributed by atoms with Gasteiger partial charge in [0.1, 0.15) is 11.6 Å². The van der Waals surface area contributed by atoms with Gasteiger partial charge in [-0.1, -0.05) is 41.4 Å². The normalized spacial score (nSPS) is 10.9. The lowest BCUT2D eigenvalue weighted by atomic mass is 10.1. The van der Waals surface area contributed by atoms with E-state index in [1.54, 1.807) is 18.2 Å². The van der Waals surface area contributed by atoms with Crippen LogP contribution in [0.3, 0.4) is 0 Å². The van der Waals surface area contributed by atoms with Crippen LogP contribution in [0.2, 0.25) is 10.0 Å². The Morgan fingerprint density at radius 3 is 2.72 bits per heavy atom. The van der Waals surface area contributed by atoms with Gasteiger partial charge in [-0.25, -0.2) is 0 Å². The van der Waals surface area contributed by atoms with Crippen molar-refractivity contribution in [1.29, 1.82) is 5.26 Å². The van der Waals surface area contributed by atoms with Crippen molar-refractivity contribution in [3.8, 4) is 6.07 Å². The number of aryl methyl sites for hydroxylation is 1. The fourth-order valence-electron chi connectivity index (χ4n) is 2.10. The third-order valence-corrected chi connectivity index (χ3v) is 4.13. The summed E-state index contributed by atoms with van der Waals surface area (Å²) in [5, 5.41) is 16.0. The van der Waals surface area contributed by atoms with Crippen molar-refractivity contribution in [2.45, 2.75) is 13.3 Å². The van der Waals surface area contributed by atoms with E-state index in [4.69, 9.17) is 28.5 Å². The van der Waals surface area contributed by atoms with Gasteiger partial charge in [0.25, 0.3) is 5.91 Å². The Balaban J connectivity index is 1.91. The number of nitriles is 1. The maximum atomic E-state index is 12.1. The van der Waals surface area contributed by atoms with Crippen molar-refractivity contribution in [2.24, 2.45) is 0 Å². The second kappa shape index (κ2) is 9.12. The molecule has 25 heavy (non-hydrogen) atoms. The third kappa shape index (κ3) is 5.82. The molecule has 0 aliphatic carbocycles. The Hall–Kier alpha value is -2.48. The Morgan fingerprint density at radius 2 is 2.04 bits per heavy atom. The molecule has 2 rings (SSSR count). The molecule has 6 heteroatoms. The number of carbonyl (C=O) groups excluding carboxylic acids is 1. The Bertz CT molecular complexity index is 841. The molecular weight excluding hydrogens is 357 g/mol. The third-order valence-electron chi connectivity index (χ3n) is 3.49. The van der Waals surface area contributed by atoms with Crippen LogP contribution in [0.5, 0.6) is 0 Å². The van der Waals surface area contributed by atoms with Crippen LogP contribution in [0.4, 0.5) is 5.69 Å². The number of hydrogen-bond acceptors (Lipinski definition) is 3. The molecule has 0 aliphatic heterocycles. The van der Waals surface area contributed by atoms with Gasteiger partial charge in [-0.15, -0.1) is 0 Å². The molecule has 0 atom stereocenters. The van der Waals surface area contributed by atoms with E-state index in [0.29, 0.717) is 22.3 Å². The molecule has 0 saturated heterocycles. The molecule has 0 aliphatic rings. The monoisotopic (exact) mass is 373 g/mol. The highest BCUT2D eigenvalue weighted by atomic mass is 35.5. The second-order valence-electron chi connectivity index (χ2n) is 5.42. The zero-order valence-corrected chi connectivity index (χ0v) is 15.2. The van der Waals surface area contributed by atoms with E-state index < -0.39 is 5.91 Å². The predicted octanol–water partition coefficient (Wildman–Crippen LogP) is 4.48. The van der Waals surface area contributed by atoms with E-state index in [0.717, 1.165) is 17.5 Å². The molecule has 4 nitrogen and oxygen atoms in total. The summed E-state index contributed by atoms with van der Waals surface area (Å²) in [4.78, 5) is 12.1. The maximum absolute atomic E-state index is 12.1. The van der Waals surface area contributed by atoms with E-state index >= 15 is 0 Å². The number of nitrogens with one attached hydrogen (secondary N) is 2. The van der Waals surface area contributed by atoms with E-state index in [1.165, 1.54) is 6.20 Å². The van der Waals surface area contributed by atoms with Crippen molar-refractivity contribution in [3.63, 3.8) is 0 Å². The number of carbonyl (C=O) groups is 1. The molecule has 2 N–H and O–H groups in total. The van der Waals surface area contributed by atoms with Crippen LogP contribution in [0.1, 0.15) is 11.1 Å². The summed E-state index contributed by atoms with van der Waals surface area (Å²) in [6.07, 6.45) is 2.14. The number of halogens is 2. The zero-order valence-electron chi connectivity index (χ0n) is 13.6. The van der Waals surface area contributed by atoms with Crippen molar-refractivity contribution in [2.75, 3.05) is 11.9 Å².